The molecule has 1 aromatic heterocycles. The topological polar surface area (TPSA) is 104 Å². The SMILES string of the molecule is COCCN(c1ccc2[nH]c(C(=O)NCCN3CCOCC3)c(-c3ccccc3)c2c1)S(=O)(=O)c1ccc(C(C)(C)C)cc1. The van der Waals surface area contributed by atoms with Crippen molar-refractivity contribution < 1.29 is 22.7 Å². The third kappa shape index (κ3) is 6.99. The molecule has 4 aromatic rings. The molecule has 3 aromatic carbocycles. The van der Waals surface area contributed by atoms with Gasteiger partial charge in [0.25, 0.3) is 15.9 Å². The second-order valence-corrected chi connectivity index (χ2v) is 13.9. The summed E-state index contributed by atoms with van der Waals surface area (Å²) in [7, 11) is -2.37. The highest BCUT2D eigenvalue weighted by Crippen LogP contribution is 2.36. The van der Waals surface area contributed by atoms with E-state index in [1.807, 2.05) is 54.6 Å². The van der Waals surface area contributed by atoms with E-state index in [9.17, 15) is 13.2 Å². The summed E-state index contributed by atoms with van der Waals surface area (Å²) in [5.74, 6) is -0.210. The maximum absolute atomic E-state index is 14.0. The average Bonchev–Trinajstić information content (AvgIpc) is 3.41. The van der Waals surface area contributed by atoms with Crippen LogP contribution in [0.1, 0.15) is 36.8 Å². The quantitative estimate of drug-likeness (QED) is 0.244. The summed E-state index contributed by atoms with van der Waals surface area (Å²) in [6, 6.07) is 22.2. The van der Waals surface area contributed by atoms with Crippen LogP contribution in [-0.4, -0.2) is 83.9 Å². The van der Waals surface area contributed by atoms with Gasteiger partial charge in [-0.15, -0.1) is 0 Å². The van der Waals surface area contributed by atoms with Crippen molar-refractivity contribution in [2.24, 2.45) is 0 Å². The number of nitrogens with zero attached hydrogens (tertiary/aromatic N) is 2. The molecule has 0 unspecified atom stereocenters. The van der Waals surface area contributed by atoms with Crippen LogP contribution >= 0.6 is 0 Å². The number of hydrogen-bond donors (Lipinski definition) is 2. The number of methoxy groups -OCH3 is 1. The fourth-order valence-electron chi connectivity index (χ4n) is 5.47. The van der Waals surface area contributed by atoms with Crippen LogP contribution in [0.25, 0.3) is 22.0 Å². The van der Waals surface area contributed by atoms with Gasteiger partial charge in [-0.3, -0.25) is 14.0 Å². The lowest BCUT2D eigenvalue weighted by Crippen LogP contribution is -2.41. The van der Waals surface area contributed by atoms with E-state index in [2.05, 4.69) is 36.0 Å². The van der Waals surface area contributed by atoms with Crippen molar-refractivity contribution in [1.82, 2.24) is 15.2 Å². The van der Waals surface area contributed by atoms with Crippen molar-refractivity contribution in [1.29, 1.82) is 0 Å². The first-order valence-electron chi connectivity index (χ1n) is 15.0. The van der Waals surface area contributed by atoms with Gasteiger partial charge in [0.2, 0.25) is 0 Å². The van der Waals surface area contributed by atoms with Gasteiger partial charge in [-0.05, 0) is 46.9 Å². The lowest BCUT2D eigenvalue weighted by molar-refractivity contribution is 0.0383. The highest BCUT2D eigenvalue weighted by Gasteiger charge is 2.27. The number of amides is 1. The highest BCUT2D eigenvalue weighted by molar-refractivity contribution is 7.92. The number of aromatic nitrogens is 1. The molecule has 1 fully saturated rings. The van der Waals surface area contributed by atoms with Crippen molar-refractivity contribution in [3.05, 3.63) is 84.1 Å². The number of fused-ring (bicyclic) bond motifs is 1. The van der Waals surface area contributed by atoms with E-state index >= 15 is 0 Å². The molecule has 0 atom stereocenters. The van der Waals surface area contributed by atoms with Gasteiger partial charge in [0.15, 0.2) is 0 Å². The predicted octanol–water partition coefficient (Wildman–Crippen LogP) is 5.04. The standard InChI is InChI=1S/C34H42N4O5S/c1-34(2,3)26-10-13-28(14-11-26)44(40,41)38(20-21-42-4)27-12-15-30-29(24-27)31(25-8-6-5-7-9-25)32(36-30)33(39)35-16-17-37-18-22-43-23-19-37/h5-15,24,36H,16-23H2,1-4H3,(H,35,39). The molecule has 2 heterocycles. The van der Waals surface area contributed by atoms with Gasteiger partial charge in [-0.2, -0.15) is 0 Å². The molecule has 0 spiro atoms. The van der Waals surface area contributed by atoms with E-state index in [4.69, 9.17) is 9.47 Å². The summed E-state index contributed by atoms with van der Waals surface area (Å²) in [4.78, 5) is 19.3. The molecule has 1 amide bonds. The number of morpholine rings is 1. The fraction of sp³-hybridized carbons (Fsp3) is 0.382. The zero-order valence-electron chi connectivity index (χ0n) is 25.9. The molecule has 0 radical (unpaired) electrons. The van der Waals surface area contributed by atoms with Gasteiger partial charge in [0, 0.05) is 49.8 Å². The molecule has 0 saturated carbocycles. The van der Waals surface area contributed by atoms with Crippen molar-refractivity contribution in [3.63, 3.8) is 0 Å². The van der Waals surface area contributed by atoms with Crippen molar-refractivity contribution in [3.8, 4) is 11.1 Å². The predicted molar refractivity (Wildman–Crippen MR) is 175 cm³/mol. The Morgan fingerprint density at radius 1 is 1.02 bits per heavy atom. The lowest BCUT2D eigenvalue weighted by atomic mass is 9.87. The summed E-state index contributed by atoms with van der Waals surface area (Å²) >= 11 is 0. The summed E-state index contributed by atoms with van der Waals surface area (Å²) in [6.45, 7) is 11.0. The summed E-state index contributed by atoms with van der Waals surface area (Å²) < 4.78 is 40.2. The second-order valence-electron chi connectivity index (χ2n) is 12.0. The molecule has 5 rings (SSSR count). The number of ether oxygens (including phenoxy) is 2. The van der Waals surface area contributed by atoms with Crippen molar-refractivity contribution in [2.75, 3.05) is 64.0 Å². The minimum Gasteiger partial charge on any atom is -0.383 e. The number of benzene rings is 3. The van der Waals surface area contributed by atoms with E-state index in [0.29, 0.717) is 31.1 Å². The van der Waals surface area contributed by atoms with Gasteiger partial charge in [0.1, 0.15) is 5.69 Å². The number of hydrogen-bond acceptors (Lipinski definition) is 6. The molecule has 44 heavy (non-hydrogen) atoms. The van der Waals surface area contributed by atoms with Crippen LogP contribution in [0.4, 0.5) is 5.69 Å². The highest BCUT2D eigenvalue weighted by atomic mass is 32.2. The number of aromatic amines is 1. The first kappa shape index (κ1) is 31.7. The summed E-state index contributed by atoms with van der Waals surface area (Å²) in [5.41, 5.74) is 4.21. The van der Waals surface area contributed by atoms with Gasteiger partial charge in [-0.1, -0.05) is 63.2 Å². The van der Waals surface area contributed by atoms with Crippen LogP contribution in [-0.2, 0) is 24.9 Å². The molecule has 1 saturated heterocycles. The molecular weight excluding hydrogens is 576 g/mol. The zero-order chi connectivity index (χ0) is 31.3. The number of nitrogens with one attached hydrogen (secondary N) is 2. The third-order valence-corrected chi connectivity index (χ3v) is 9.83. The van der Waals surface area contributed by atoms with E-state index in [1.165, 1.54) is 4.31 Å². The Morgan fingerprint density at radius 3 is 2.39 bits per heavy atom. The zero-order valence-corrected chi connectivity index (χ0v) is 26.7. The van der Waals surface area contributed by atoms with Crippen LogP contribution in [0.5, 0.6) is 0 Å². The monoisotopic (exact) mass is 618 g/mol. The lowest BCUT2D eigenvalue weighted by Gasteiger charge is -2.26. The van der Waals surface area contributed by atoms with Crippen molar-refractivity contribution in [2.45, 2.75) is 31.1 Å². The maximum atomic E-state index is 14.0. The Bertz CT molecular complexity index is 1670. The molecule has 9 nitrogen and oxygen atoms in total. The molecule has 2 N–H and O–H groups in total. The number of carbonyl (C=O) groups is 1. The summed E-state index contributed by atoms with van der Waals surface area (Å²) in [6.07, 6.45) is 0. The number of anilines is 1. The largest absolute Gasteiger partial charge is 0.383 e. The second kappa shape index (κ2) is 13.5. The molecular formula is C34H42N4O5S. The van der Waals surface area contributed by atoms with Gasteiger partial charge in [-0.25, -0.2) is 8.42 Å². The number of H-pyrrole nitrogens is 1. The molecule has 1 aliphatic rings. The average molecular weight is 619 g/mol. The Labute approximate surface area is 260 Å². The molecule has 0 bridgehead atoms. The minimum atomic E-state index is -3.92. The number of rotatable bonds is 11. The number of carbonyl (C=O) groups excluding carboxylic acids is 1. The Balaban J connectivity index is 1.52. The Morgan fingerprint density at radius 2 is 1.73 bits per heavy atom. The van der Waals surface area contributed by atoms with Crippen LogP contribution in [0.3, 0.4) is 0 Å². The first-order valence-corrected chi connectivity index (χ1v) is 16.5. The summed E-state index contributed by atoms with van der Waals surface area (Å²) in [5, 5.41) is 3.83. The molecule has 0 aliphatic carbocycles. The van der Waals surface area contributed by atoms with E-state index in [0.717, 1.165) is 47.2 Å². The van der Waals surface area contributed by atoms with Crippen LogP contribution < -0.4 is 9.62 Å². The van der Waals surface area contributed by atoms with Crippen LogP contribution in [0.15, 0.2) is 77.7 Å². The number of sulfonamides is 1. The molecule has 1 aliphatic heterocycles. The van der Waals surface area contributed by atoms with Gasteiger partial charge >= 0.3 is 0 Å². The molecule has 234 valence electrons. The van der Waals surface area contributed by atoms with Crippen LogP contribution in [0, 0.1) is 0 Å². The first-order chi connectivity index (χ1) is 21.1. The minimum absolute atomic E-state index is 0.0995. The van der Waals surface area contributed by atoms with E-state index in [1.54, 1.807) is 25.3 Å². The fourth-order valence-corrected chi connectivity index (χ4v) is 6.91. The van der Waals surface area contributed by atoms with E-state index in [-0.39, 0.29) is 29.4 Å². The maximum Gasteiger partial charge on any atom is 0.268 e. The normalized spacial score (nSPS) is 14.5. The van der Waals surface area contributed by atoms with Crippen LogP contribution in [0.2, 0.25) is 0 Å². The molecule has 10 heteroatoms. The van der Waals surface area contributed by atoms with E-state index < -0.39 is 10.0 Å². The van der Waals surface area contributed by atoms with Gasteiger partial charge in [0.05, 0.1) is 36.9 Å². The van der Waals surface area contributed by atoms with Crippen molar-refractivity contribution >= 4 is 32.5 Å². The Hall–Kier alpha value is -3.70. The smallest absolute Gasteiger partial charge is 0.268 e. The Kier molecular flexibility index (Phi) is 9.75. The third-order valence-electron chi connectivity index (χ3n) is 7.98. The van der Waals surface area contributed by atoms with Gasteiger partial charge < -0.3 is 19.8 Å².